The molecule has 0 heterocycles. The van der Waals surface area contributed by atoms with Crippen molar-refractivity contribution in [1.29, 1.82) is 0 Å². The van der Waals surface area contributed by atoms with Crippen molar-refractivity contribution in [2.75, 3.05) is 0 Å². The van der Waals surface area contributed by atoms with E-state index in [0.29, 0.717) is 19.4 Å². The van der Waals surface area contributed by atoms with Crippen LogP contribution in [-0.2, 0) is 22.6 Å². The molecule has 4 nitrogen and oxygen atoms in total. The van der Waals surface area contributed by atoms with Crippen molar-refractivity contribution in [1.82, 2.24) is 10.2 Å². The molecule has 0 saturated heterocycles. The summed E-state index contributed by atoms with van der Waals surface area (Å²) >= 11 is 0. The van der Waals surface area contributed by atoms with Gasteiger partial charge in [0.2, 0.25) is 11.8 Å². The first kappa shape index (κ1) is 23.1. The van der Waals surface area contributed by atoms with Crippen LogP contribution >= 0.6 is 0 Å². The van der Waals surface area contributed by atoms with Crippen molar-refractivity contribution in [3.63, 3.8) is 0 Å². The zero-order valence-electron chi connectivity index (χ0n) is 19.2. The summed E-state index contributed by atoms with van der Waals surface area (Å²) in [5.41, 5.74) is 4.35. The van der Waals surface area contributed by atoms with Gasteiger partial charge in [-0.3, -0.25) is 9.59 Å². The van der Waals surface area contributed by atoms with Gasteiger partial charge in [-0.25, -0.2) is 0 Å². The molecule has 2 aromatic rings. The van der Waals surface area contributed by atoms with E-state index in [1.54, 1.807) is 4.90 Å². The molecule has 1 unspecified atom stereocenters. The number of carbonyl (C=O) groups is 2. The van der Waals surface area contributed by atoms with Crippen molar-refractivity contribution in [3.8, 4) is 0 Å². The Morgan fingerprint density at radius 3 is 2.45 bits per heavy atom. The molecule has 1 aliphatic rings. The molecule has 1 saturated carbocycles. The van der Waals surface area contributed by atoms with Gasteiger partial charge >= 0.3 is 0 Å². The molecule has 4 heteroatoms. The Morgan fingerprint density at radius 1 is 1.03 bits per heavy atom. The average Bonchev–Trinajstić information content (AvgIpc) is 2.75. The minimum Gasteiger partial charge on any atom is -0.352 e. The van der Waals surface area contributed by atoms with E-state index in [4.69, 9.17) is 0 Å². The second-order valence-electron chi connectivity index (χ2n) is 8.88. The maximum absolute atomic E-state index is 13.5. The molecule has 0 aliphatic heterocycles. The van der Waals surface area contributed by atoms with E-state index >= 15 is 0 Å². The van der Waals surface area contributed by atoms with Gasteiger partial charge in [-0.15, -0.1) is 0 Å². The standard InChI is InChI=1S/C27H36N2O2/c1-4-25(27(31)28-24-15-6-5-7-16-24)29(19-23-14-9-8-12-21(23)3)26(30)18-22-13-10-11-20(2)17-22/h8-14,17,24-25H,4-7,15-16,18-19H2,1-3H3,(H,28,31). The summed E-state index contributed by atoms with van der Waals surface area (Å²) in [4.78, 5) is 28.5. The number of hydrogen-bond acceptors (Lipinski definition) is 2. The molecular weight excluding hydrogens is 384 g/mol. The summed E-state index contributed by atoms with van der Waals surface area (Å²) < 4.78 is 0. The molecule has 2 amide bonds. The molecule has 1 aliphatic carbocycles. The highest BCUT2D eigenvalue weighted by atomic mass is 16.2. The number of carbonyl (C=O) groups excluding carboxylic acids is 2. The summed E-state index contributed by atoms with van der Waals surface area (Å²) in [7, 11) is 0. The van der Waals surface area contributed by atoms with Gasteiger partial charge in [0, 0.05) is 12.6 Å². The number of hydrogen-bond donors (Lipinski definition) is 1. The van der Waals surface area contributed by atoms with E-state index in [-0.39, 0.29) is 17.9 Å². The zero-order valence-corrected chi connectivity index (χ0v) is 19.2. The van der Waals surface area contributed by atoms with Crippen LogP contribution in [0.5, 0.6) is 0 Å². The number of amides is 2. The first-order valence-electron chi connectivity index (χ1n) is 11.7. The van der Waals surface area contributed by atoms with Crippen LogP contribution in [-0.4, -0.2) is 28.8 Å². The molecule has 0 spiro atoms. The second-order valence-corrected chi connectivity index (χ2v) is 8.88. The monoisotopic (exact) mass is 420 g/mol. The lowest BCUT2D eigenvalue weighted by molar-refractivity contribution is -0.141. The van der Waals surface area contributed by atoms with Crippen LogP contribution in [0.15, 0.2) is 48.5 Å². The fourth-order valence-corrected chi connectivity index (χ4v) is 4.53. The van der Waals surface area contributed by atoms with Crippen LogP contribution < -0.4 is 5.32 Å². The summed E-state index contributed by atoms with van der Waals surface area (Å²) in [5.74, 6) is -0.0138. The fraction of sp³-hybridized carbons (Fsp3) is 0.481. The van der Waals surface area contributed by atoms with E-state index in [0.717, 1.165) is 35.1 Å². The first-order valence-corrected chi connectivity index (χ1v) is 11.7. The summed E-state index contributed by atoms with van der Waals surface area (Å²) in [6.07, 6.45) is 6.57. The van der Waals surface area contributed by atoms with E-state index in [9.17, 15) is 9.59 Å². The fourth-order valence-electron chi connectivity index (χ4n) is 4.53. The highest BCUT2D eigenvalue weighted by Crippen LogP contribution is 2.20. The van der Waals surface area contributed by atoms with E-state index < -0.39 is 6.04 Å². The van der Waals surface area contributed by atoms with Crippen LogP contribution in [0.4, 0.5) is 0 Å². The molecular formula is C27H36N2O2. The Labute approximate surface area is 187 Å². The minimum absolute atomic E-state index is 0.000466. The molecule has 0 aromatic heterocycles. The van der Waals surface area contributed by atoms with E-state index in [1.807, 2.05) is 56.3 Å². The van der Waals surface area contributed by atoms with Crippen LogP contribution in [0, 0.1) is 13.8 Å². The molecule has 1 fully saturated rings. The van der Waals surface area contributed by atoms with Gasteiger partial charge < -0.3 is 10.2 Å². The van der Waals surface area contributed by atoms with Crippen molar-refractivity contribution < 1.29 is 9.59 Å². The quantitative estimate of drug-likeness (QED) is 0.646. The smallest absolute Gasteiger partial charge is 0.243 e. The largest absolute Gasteiger partial charge is 0.352 e. The number of nitrogens with zero attached hydrogens (tertiary/aromatic N) is 1. The third kappa shape index (κ3) is 6.43. The van der Waals surface area contributed by atoms with E-state index in [1.165, 1.54) is 19.3 Å². The zero-order chi connectivity index (χ0) is 22.2. The SMILES string of the molecule is CCC(C(=O)NC1CCCCC1)N(Cc1ccccc1C)C(=O)Cc1cccc(C)c1. The Bertz CT molecular complexity index is 886. The Morgan fingerprint density at radius 2 is 1.77 bits per heavy atom. The Kier molecular flexibility index (Phi) is 8.27. The number of nitrogens with one attached hydrogen (secondary N) is 1. The lowest BCUT2D eigenvalue weighted by Gasteiger charge is -2.33. The van der Waals surface area contributed by atoms with Crippen LogP contribution in [0.2, 0.25) is 0 Å². The Balaban J connectivity index is 1.82. The molecule has 0 radical (unpaired) electrons. The average molecular weight is 421 g/mol. The normalized spacial score (nSPS) is 15.3. The van der Waals surface area contributed by atoms with Gasteiger partial charge in [-0.1, -0.05) is 80.3 Å². The maximum atomic E-state index is 13.5. The summed E-state index contributed by atoms with van der Waals surface area (Å²) in [6.45, 7) is 6.54. The van der Waals surface area contributed by atoms with Crippen LogP contribution in [0.1, 0.15) is 67.7 Å². The van der Waals surface area contributed by atoms with Crippen LogP contribution in [0.25, 0.3) is 0 Å². The third-order valence-electron chi connectivity index (χ3n) is 6.38. The highest BCUT2D eigenvalue weighted by Gasteiger charge is 2.30. The van der Waals surface area contributed by atoms with Gasteiger partial charge in [0.1, 0.15) is 6.04 Å². The predicted octanol–water partition coefficient (Wildman–Crippen LogP) is 5.10. The Hall–Kier alpha value is -2.62. The number of rotatable bonds is 8. The number of benzene rings is 2. The van der Waals surface area contributed by atoms with Gasteiger partial charge in [0.15, 0.2) is 0 Å². The lowest BCUT2D eigenvalue weighted by Crippen LogP contribution is -2.52. The lowest BCUT2D eigenvalue weighted by atomic mass is 9.95. The molecule has 31 heavy (non-hydrogen) atoms. The van der Waals surface area contributed by atoms with Gasteiger partial charge in [-0.2, -0.15) is 0 Å². The number of aryl methyl sites for hydroxylation is 2. The van der Waals surface area contributed by atoms with Gasteiger partial charge in [-0.05, 0) is 49.8 Å². The molecule has 166 valence electrons. The van der Waals surface area contributed by atoms with Crippen molar-refractivity contribution in [3.05, 3.63) is 70.8 Å². The molecule has 3 rings (SSSR count). The molecule has 2 aromatic carbocycles. The maximum Gasteiger partial charge on any atom is 0.243 e. The molecule has 1 N–H and O–H groups in total. The third-order valence-corrected chi connectivity index (χ3v) is 6.38. The topological polar surface area (TPSA) is 49.4 Å². The summed E-state index contributed by atoms with van der Waals surface area (Å²) in [5, 5.41) is 3.25. The van der Waals surface area contributed by atoms with Crippen molar-refractivity contribution in [2.45, 2.75) is 84.3 Å². The predicted molar refractivity (Wildman–Crippen MR) is 126 cm³/mol. The minimum atomic E-state index is -0.459. The van der Waals surface area contributed by atoms with E-state index in [2.05, 4.69) is 18.3 Å². The van der Waals surface area contributed by atoms with Gasteiger partial charge in [0.25, 0.3) is 0 Å². The van der Waals surface area contributed by atoms with Crippen LogP contribution in [0.3, 0.4) is 0 Å². The summed E-state index contributed by atoms with van der Waals surface area (Å²) in [6, 6.07) is 15.9. The van der Waals surface area contributed by atoms with Crippen molar-refractivity contribution >= 4 is 11.8 Å². The highest BCUT2D eigenvalue weighted by molar-refractivity contribution is 5.88. The van der Waals surface area contributed by atoms with Gasteiger partial charge in [0.05, 0.1) is 6.42 Å². The van der Waals surface area contributed by atoms with Crippen molar-refractivity contribution in [2.24, 2.45) is 0 Å². The second kappa shape index (κ2) is 11.1. The molecule has 0 bridgehead atoms. The first-order chi connectivity index (χ1) is 15.0. The molecule has 1 atom stereocenters.